The Morgan fingerprint density at radius 1 is 0.821 bits per heavy atom. The first kappa shape index (κ1) is 19.6. The Hall–Kier alpha value is -1.67. The fourth-order valence-corrected chi connectivity index (χ4v) is 5.43. The summed E-state index contributed by atoms with van der Waals surface area (Å²) >= 11 is 5.97. The average Bonchev–Trinajstić information content (AvgIpc) is 2.75. The maximum atomic E-state index is 5.97. The second kappa shape index (κ2) is 9.22. The van der Waals surface area contributed by atoms with Crippen LogP contribution in [0.3, 0.4) is 0 Å². The van der Waals surface area contributed by atoms with E-state index in [0.29, 0.717) is 5.92 Å². The molecular weight excluding hydrogens is 364 g/mol. The van der Waals surface area contributed by atoms with Crippen LogP contribution in [0.4, 0.5) is 0 Å². The fraction of sp³-hybridized carbons (Fsp3) is 0.520. The topological polar surface area (TPSA) is 25.8 Å². The van der Waals surface area contributed by atoms with Gasteiger partial charge in [-0.15, -0.1) is 0 Å². The smallest absolute Gasteiger partial charge is 0.159 e. The molecule has 0 saturated heterocycles. The van der Waals surface area contributed by atoms with Crippen LogP contribution in [0.5, 0.6) is 0 Å². The quantitative estimate of drug-likeness (QED) is 0.503. The minimum atomic E-state index is 0.634. The fourth-order valence-electron chi connectivity index (χ4n) is 5.30. The first-order chi connectivity index (χ1) is 13.7. The Morgan fingerprint density at radius 2 is 1.39 bits per heavy atom. The Bertz CT molecular complexity index is 765. The van der Waals surface area contributed by atoms with Crippen LogP contribution in [0.25, 0.3) is 11.4 Å². The number of halogens is 1. The summed E-state index contributed by atoms with van der Waals surface area (Å²) in [6, 6.07) is 7.74. The summed E-state index contributed by atoms with van der Waals surface area (Å²) in [7, 11) is 0. The van der Waals surface area contributed by atoms with Crippen molar-refractivity contribution in [3.05, 3.63) is 59.4 Å². The Morgan fingerprint density at radius 3 is 1.96 bits per heavy atom. The van der Waals surface area contributed by atoms with Gasteiger partial charge in [0.05, 0.1) is 0 Å². The van der Waals surface area contributed by atoms with E-state index in [1.807, 2.05) is 36.7 Å². The summed E-state index contributed by atoms with van der Waals surface area (Å²) in [5.74, 6) is 4.17. The van der Waals surface area contributed by atoms with E-state index in [0.717, 1.165) is 34.2 Å². The third-order valence-electron chi connectivity index (χ3n) is 6.97. The van der Waals surface area contributed by atoms with Crippen LogP contribution < -0.4 is 0 Å². The van der Waals surface area contributed by atoms with Gasteiger partial charge in [0.1, 0.15) is 0 Å². The van der Waals surface area contributed by atoms with Crippen molar-refractivity contribution in [2.24, 2.45) is 17.8 Å². The van der Waals surface area contributed by atoms with Gasteiger partial charge >= 0.3 is 0 Å². The lowest BCUT2D eigenvalue weighted by Crippen LogP contribution is -2.25. The number of hydrogen-bond acceptors (Lipinski definition) is 2. The number of nitrogens with zero attached hydrogens (tertiary/aromatic N) is 2. The highest BCUT2D eigenvalue weighted by atomic mass is 35.5. The van der Waals surface area contributed by atoms with Crippen molar-refractivity contribution < 1.29 is 0 Å². The molecule has 2 aromatic rings. The van der Waals surface area contributed by atoms with Crippen molar-refractivity contribution in [3.8, 4) is 11.4 Å². The van der Waals surface area contributed by atoms with Crippen molar-refractivity contribution in [1.29, 1.82) is 0 Å². The van der Waals surface area contributed by atoms with Gasteiger partial charge in [0.25, 0.3) is 0 Å². The standard InChI is InChI=1S/C25H31ClN2/c1-2-3-18-4-6-19(7-5-18)20-8-10-21(11-9-20)23-16-27-25(28-17-23)22-12-14-24(26)15-13-22/h2-3,12-21H,4-11H2,1H3. The number of rotatable bonds is 4. The maximum Gasteiger partial charge on any atom is 0.159 e. The lowest BCUT2D eigenvalue weighted by molar-refractivity contribution is 0.171. The number of allylic oxidation sites excluding steroid dienone is 2. The highest BCUT2D eigenvalue weighted by Crippen LogP contribution is 2.44. The molecule has 0 unspecified atom stereocenters. The van der Waals surface area contributed by atoms with Crippen LogP contribution in [0.15, 0.2) is 48.8 Å². The molecule has 1 heterocycles. The largest absolute Gasteiger partial charge is 0.236 e. The van der Waals surface area contributed by atoms with Gasteiger partial charge in [0.2, 0.25) is 0 Å². The summed E-state index contributed by atoms with van der Waals surface area (Å²) in [5.41, 5.74) is 2.33. The molecule has 2 aliphatic carbocycles. The SMILES string of the molecule is CC=CC1CCC(C2CCC(c3cnc(-c4ccc(Cl)cc4)nc3)CC2)CC1. The van der Waals surface area contributed by atoms with E-state index in [9.17, 15) is 0 Å². The second-order valence-electron chi connectivity index (χ2n) is 8.66. The molecule has 0 bridgehead atoms. The van der Waals surface area contributed by atoms with E-state index in [2.05, 4.69) is 29.0 Å². The van der Waals surface area contributed by atoms with Crippen molar-refractivity contribution in [3.63, 3.8) is 0 Å². The minimum Gasteiger partial charge on any atom is -0.236 e. The molecule has 0 amide bonds. The highest BCUT2D eigenvalue weighted by Gasteiger charge is 2.30. The zero-order chi connectivity index (χ0) is 19.3. The van der Waals surface area contributed by atoms with E-state index in [-0.39, 0.29) is 0 Å². The van der Waals surface area contributed by atoms with Gasteiger partial charge in [-0.2, -0.15) is 0 Å². The second-order valence-corrected chi connectivity index (χ2v) is 9.10. The Kier molecular flexibility index (Phi) is 6.47. The predicted molar refractivity (Wildman–Crippen MR) is 117 cm³/mol. The molecule has 1 aromatic heterocycles. The van der Waals surface area contributed by atoms with E-state index in [1.54, 1.807) is 0 Å². The van der Waals surface area contributed by atoms with Gasteiger partial charge in [-0.25, -0.2) is 9.97 Å². The van der Waals surface area contributed by atoms with Gasteiger partial charge in [0.15, 0.2) is 5.82 Å². The molecule has 0 aliphatic heterocycles. The Balaban J connectivity index is 1.31. The minimum absolute atomic E-state index is 0.634. The zero-order valence-corrected chi connectivity index (χ0v) is 17.6. The average molecular weight is 395 g/mol. The molecule has 2 aliphatic rings. The van der Waals surface area contributed by atoms with Crippen LogP contribution in [0.2, 0.25) is 5.02 Å². The molecule has 2 saturated carbocycles. The van der Waals surface area contributed by atoms with Gasteiger partial charge in [-0.05, 0) is 112 Å². The molecule has 0 atom stereocenters. The van der Waals surface area contributed by atoms with Crippen molar-refractivity contribution in [1.82, 2.24) is 9.97 Å². The molecule has 2 nitrogen and oxygen atoms in total. The van der Waals surface area contributed by atoms with Crippen molar-refractivity contribution in [2.45, 2.75) is 64.2 Å². The van der Waals surface area contributed by atoms with Crippen molar-refractivity contribution >= 4 is 11.6 Å². The normalized spacial score (nSPS) is 28.5. The summed E-state index contributed by atoms with van der Waals surface area (Å²) in [6.07, 6.45) is 19.7. The lowest BCUT2D eigenvalue weighted by atomic mass is 9.68. The van der Waals surface area contributed by atoms with Gasteiger partial charge in [-0.3, -0.25) is 0 Å². The number of benzene rings is 1. The summed E-state index contributed by atoms with van der Waals surface area (Å²) in [4.78, 5) is 9.26. The van der Waals surface area contributed by atoms with Gasteiger partial charge in [-0.1, -0.05) is 23.8 Å². The number of hydrogen-bond donors (Lipinski definition) is 0. The molecule has 1 aromatic carbocycles. The number of aromatic nitrogens is 2. The molecule has 3 heteroatoms. The third-order valence-corrected chi connectivity index (χ3v) is 7.22. The van der Waals surface area contributed by atoms with Crippen LogP contribution in [0.1, 0.15) is 69.8 Å². The zero-order valence-electron chi connectivity index (χ0n) is 16.9. The third kappa shape index (κ3) is 4.66. The van der Waals surface area contributed by atoms with Crippen LogP contribution in [-0.4, -0.2) is 9.97 Å². The molecule has 4 rings (SSSR count). The highest BCUT2D eigenvalue weighted by molar-refractivity contribution is 6.30. The molecule has 0 radical (unpaired) electrons. The summed E-state index contributed by atoms with van der Waals surface area (Å²) in [5, 5.41) is 0.743. The van der Waals surface area contributed by atoms with Crippen LogP contribution >= 0.6 is 11.6 Å². The predicted octanol–water partition coefficient (Wildman–Crippen LogP) is 7.45. The van der Waals surface area contributed by atoms with Crippen LogP contribution in [-0.2, 0) is 0 Å². The van der Waals surface area contributed by atoms with Gasteiger partial charge in [0, 0.05) is 23.0 Å². The maximum absolute atomic E-state index is 5.97. The van der Waals surface area contributed by atoms with Crippen LogP contribution in [0, 0.1) is 17.8 Å². The monoisotopic (exact) mass is 394 g/mol. The molecule has 28 heavy (non-hydrogen) atoms. The van der Waals surface area contributed by atoms with E-state index in [1.165, 1.54) is 56.9 Å². The summed E-state index contributed by atoms with van der Waals surface area (Å²) < 4.78 is 0. The molecule has 0 N–H and O–H groups in total. The van der Waals surface area contributed by atoms with Gasteiger partial charge < -0.3 is 0 Å². The molecule has 0 spiro atoms. The summed E-state index contributed by atoms with van der Waals surface area (Å²) in [6.45, 7) is 2.15. The Labute approximate surface area is 174 Å². The van der Waals surface area contributed by atoms with E-state index < -0.39 is 0 Å². The molecule has 2 fully saturated rings. The molecular formula is C25H31ClN2. The first-order valence-electron chi connectivity index (χ1n) is 10.9. The van der Waals surface area contributed by atoms with E-state index in [4.69, 9.17) is 11.6 Å². The van der Waals surface area contributed by atoms with E-state index >= 15 is 0 Å². The first-order valence-corrected chi connectivity index (χ1v) is 11.3. The lowest BCUT2D eigenvalue weighted by Gasteiger charge is -2.37. The van der Waals surface area contributed by atoms with Crippen molar-refractivity contribution in [2.75, 3.05) is 0 Å². The molecule has 148 valence electrons.